The quantitative estimate of drug-likeness (QED) is 0.881. The molecule has 1 aromatic heterocycles. The van der Waals surface area contributed by atoms with Gasteiger partial charge < -0.3 is 15.0 Å². The molecule has 0 amide bonds. The van der Waals surface area contributed by atoms with E-state index in [0.29, 0.717) is 16.7 Å². The lowest BCUT2D eigenvalue weighted by atomic mass is 10.2. The van der Waals surface area contributed by atoms with Gasteiger partial charge in [-0.3, -0.25) is 4.79 Å². The summed E-state index contributed by atoms with van der Waals surface area (Å²) >= 11 is 3.31. The molecule has 6 nitrogen and oxygen atoms in total. The van der Waals surface area contributed by atoms with Crippen LogP contribution in [0, 0.1) is 0 Å². The van der Waals surface area contributed by atoms with Crippen LogP contribution >= 0.6 is 15.9 Å². The van der Waals surface area contributed by atoms with Gasteiger partial charge in [0.1, 0.15) is 4.47 Å². The van der Waals surface area contributed by atoms with Gasteiger partial charge in [0.15, 0.2) is 0 Å². The summed E-state index contributed by atoms with van der Waals surface area (Å²) in [5, 5.41) is 7.26. The molecule has 0 unspecified atom stereocenters. The first-order valence-corrected chi connectivity index (χ1v) is 8.32. The second-order valence-corrected chi connectivity index (χ2v) is 6.21. The van der Waals surface area contributed by atoms with Crippen molar-refractivity contribution in [3.05, 3.63) is 50.9 Å². The van der Waals surface area contributed by atoms with E-state index in [9.17, 15) is 4.79 Å². The lowest BCUT2D eigenvalue weighted by Crippen LogP contribution is -2.36. The Balaban J connectivity index is 1.65. The zero-order valence-electron chi connectivity index (χ0n) is 13.0. The second kappa shape index (κ2) is 7.14. The summed E-state index contributed by atoms with van der Waals surface area (Å²) in [5.41, 5.74) is 2.91. The first kappa shape index (κ1) is 16.0. The largest absolute Gasteiger partial charge is 0.379 e. The van der Waals surface area contributed by atoms with Crippen LogP contribution in [-0.4, -0.2) is 36.1 Å². The van der Waals surface area contributed by atoms with E-state index in [2.05, 4.69) is 55.5 Å². The van der Waals surface area contributed by atoms with Gasteiger partial charge in [-0.15, -0.1) is 0 Å². The van der Waals surface area contributed by atoms with Crippen LogP contribution in [0.2, 0.25) is 0 Å². The summed E-state index contributed by atoms with van der Waals surface area (Å²) in [6.45, 7) is 4.07. The second-order valence-electron chi connectivity index (χ2n) is 5.42. The van der Waals surface area contributed by atoms with Gasteiger partial charge in [0.2, 0.25) is 0 Å². The molecule has 0 bridgehead atoms. The highest BCUT2D eigenvalue weighted by Crippen LogP contribution is 2.19. The molecule has 0 atom stereocenters. The summed E-state index contributed by atoms with van der Waals surface area (Å²) in [5.74, 6) is 0. The van der Waals surface area contributed by atoms with Gasteiger partial charge in [-0.2, -0.15) is 5.10 Å². The van der Waals surface area contributed by atoms with E-state index >= 15 is 0 Å². The van der Waals surface area contributed by atoms with Crippen molar-refractivity contribution in [1.29, 1.82) is 0 Å². The number of hydrogen-bond donors (Lipinski definition) is 1. The van der Waals surface area contributed by atoms with E-state index in [4.69, 9.17) is 4.74 Å². The van der Waals surface area contributed by atoms with Gasteiger partial charge in [-0.05, 0) is 33.6 Å². The van der Waals surface area contributed by atoms with E-state index in [1.807, 2.05) is 0 Å². The Morgan fingerprint density at radius 3 is 2.65 bits per heavy atom. The lowest BCUT2D eigenvalue weighted by molar-refractivity contribution is 0.122. The number of aromatic nitrogens is 2. The Kier molecular flexibility index (Phi) is 4.97. The number of anilines is 2. The van der Waals surface area contributed by atoms with E-state index in [1.165, 1.54) is 10.4 Å². The summed E-state index contributed by atoms with van der Waals surface area (Å²) in [6, 6.07) is 8.44. The van der Waals surface area contributed by atoms with E-state index in [-0.39, 0.29) is 5.56 Å². The van der Waals surface area contributed by atoms with Crippen molar-refractivity contribution < 1.29 is 4.74 Å². The molecule has 1 fully saturated rings. The fourth-order valence-electron chi connectivity index (χ4n) is 2.48. The van der Waals surface area contributed by atoms with Gasteiger partial charge in [-0.1, -0.05) is 12.1 Å². The molecule has 1 aliphatic rings. The van der Waals surface area contributed by atoms with Crippen LogP contribution in [0.5, 0.6) is 0 Å². The van der Waals surface area contributed by atoms with Crippen molar-refractivity contribution in [3.8, 4) is 0 Å². The van der Waals surface area contributed by atoms with Gasteiger partial charge in [0, 0.05) is 32.4 Å². The number of halogens is 1. The third kappa shape index (κ3) is 3.73. The molecule has 0 aliphatic carbocycles. The number of rotatable bonds is 4. The van der Waals surface area contributed by atoms with Crippen molar-refractivity contribution in [1.82, 2.24) is 9.78 Å². The number of nitrogens with zero attached hydrogens (tertiary/aromatic N) is 3. The van der Waals surface area contributed by atoms with Crippen LogP contribution in [0.1, 0.15) is 5.56 Å². The van der Waals surface area contributed by atoms with Gasteiger partial charge in [0.05, 0.1) is 25.1 Å². The minimum atomic E-state index is -0.155. The Bertz CT molecular complexity index is 724. The molecule has 7 heteroatoms. The molecule has 2 heterocycles. The van der Waals surface area contributed by atoms with Crippen molar-refractivity contribution in [2.45, 2.75) is 6.54 Å². The monoisotopic (exact) mass is 378 g/mol. The molecular weight excluding hydrogens is 360 g/mol. The first-order valence-electron chi connectivity index (χ1n) is 7.52. The minimum Gasteiger partial charge on any atom is -0.379 e. The molecule has 1 aliphatic heterocycles. The molecule has 0 spiro atoms. The smallest absolute Gasteiger partial charge is 0.282 e. The topological polar surface area (TPSA) is 59.4 Å². The first-order chi connectivity index (χ1) is 11.1. The van der Waals surface area contributed by atoms with Crippen LogP contribution in [0.3, 0.4) is 0 Å². The van der Waals surface area contributed by atoms with Crippen LogP contribution in [-0.2, 0) is 18.3 Å². The highest BCUT2D eigenvalue weighted by molar-refractivity contribution is 9.10. The van der Waals surface area contributed by atoms with Gasteiger partial charge >= 0.3 is 0 Å². The summed E-state index contributed by atoms with van der Waals surface area (Å²) in [7, 11) is 1.63. The van der Waals surface area contributed by atoms with Crippen molar-refractivity contribution in [3.63, 3.8) is 0 Å². The molecule has 23 heavy (non-hydrogen) atoms. The molecule has 0 saturated carbocycles. The Hall–Kier alpha value is -1.86. The lowest BCUT2D eigenvalue weighted by Gasteiger charge is -2.28. The third-order valence-electron chi connectivity index (χ3n) is 3.87. The van der Waals surface area contributed by atoms with E-state index in [1.54, 1.807) is 13.2 Å². The predicted octanol–water partition coefficient (Wildman–Crippen LogP) is 1.99. The fraction of sp³-hybridized carbons (Fsp3) is 0.375. The van der Waals surface area contributed by atoms with E-state index in [0.717, 1.165) is 31.9 Å². The average Bonchev–Trinajstić information content (AvgIpc) is 2.60. The highest BCUT2D eigenvalue weighted by Gasteiger charge is 2.11. The summed E-state index contributed by atoms with van der Waals surface area (Å²) in [4.78, 5) is 14.1. The minimum absolute atomic E-state index is 0.155. The zero-order chi connectivity index (χ0) is 16.2. The number of hydrogen-bond acceptors (Lipinski definition) is 5. The molecule has 3 rings (SSSR count). The van der Waals surface area contributed by atoms with Crippen molar-refractivity contribution >= 4 is 27.3 Å². The maximum absolute atomic E-state index is 11.8. The number of aryl methyl sites for hydroxylation is 1. The zero-order valence-corrected chi connectivity index (χ0v) is 14.5. The Morgan fingerprint density at radius 1 is 1.26 bits per heavy atom. The molecule has 0 radical (unpaired) electrons. The number of morpholine rings is 1. The van der Waals surface area contributed by atoms with Gasteiger partial charge in [0.25, 0.3) is 5.56 Å². The maximum atomic E-state index is 11.8. The standard InChI is InChI=1S/C16H19BrN4O2/c1-20-16(22)15(17)14(11-19-20)18-10-12-2-4-13(5-3-12)21-6-8-23-9-7-21/h2-5,11,18H,6-10H2,1H3. The van der Waals surface area contributed by atoms with Gasteiger partial charge in [-0.25, -0.2) is 4.68 Å². The van der Waals surface area contributed by atoms with Crippen molar-refractivity contribution in [2.75, 3.05) is 36.5 Å². The van der Waals surface area contributed by atoms with Crippen LogP contribution in [0.4, 0.5) is 11.4 Å². The normalized spacial score (nSPS) is 14.8. The molecule has 1 aromatic carbocycles. The molecular formula is C16H19BrN4O2. The van der Waals surface area contributed by atoms with Crippen molar-refractivity contribution in [2.24, 2.45) is 7.05 Å². The van der Waals surface area contributed by atoms with Crippen LogP contribution in [0.15, 0.2) is 39.7 Å². The Morgan fingerprint density at radius 2 is 1.96 bits per heavy atom. The molecule has 1 N–H and O–H groups in total. The average molecular weight is 379 g/mol. The number of benzene rings is 1. The highest BCUT2D eigenvalue weighted by atomic mass is 79.9. The molecule has 1 saturated heterocycles. The number of nitrogens with one attached hydrogen (secondary N) is 1. The van der Waals surface area contributed by atoms with E-state index < -0.39 is 0 Å². The third-order valence-corrected chi connectivity index (χ3v) is 4.64. The predicted molar refractivity (Wildman–Crippen MR) is 94.0 cm³/mol. The Labute approximate surface area is 143 Å². The summed E-state index contributed by atoms with van der Waals surface area (Å²) in [6.07, 6.45) is 1.65. The molecule has 122 valence electrons. The number of ether oxygens (including phenoxy) is 1. The maximum Gasteiger partial charge on any atom is 0.282 e. The van der Waals surface area contributed by atoms with Crippen LogP contribution < -0.4 is 15.8 Å². The molecule has 2 aromatic rings. The summed E-state index contributed by atoms with van der Waals surface area (Å²) < 4.78 is 7.17. The SMILES string of the molecule is Cn1ncc(NCc2ccc(N3CCOCC3)cc2)c(Br)c1=O. The fourth-order valence-corrected chi connectivity index (χ4v) is 2.98. The van der Waals surface area contributed by atoms with Crippen LogP contribution in [0.25, 0.3) is 0 Å².